The molecule has 0 bridgehead atoms. The maximum atomic E-state index is 13.3. The van der Waals surface area contributed by atoms with Crippen molar-refractivity contribution in [1.29, 1.82) is 0 Å². The number of thiophene rings is 1. The zero-order valence-corrected chi connectivity index (χ0v) is 16.5. The summed E-state index contributed by atoms with van der Waals surface area (Å²) in [5.74, 6) is -0.446. The highest BCUT2D eigenvalue weighted by Gasteiger charge is 2.38. The van der Waals surface area contributed by atoms with Crippen molar-refractivity contribution < 1.29 is 27.6 Å². The lowest BCUT2D eigenvalue weighted by Crippen LogP contribution is -2.09. The topological polar surface area (TPSA) is 69.4 Å². The number of carbonyl (C=O) groups excluding carboxylic acids is 1. The number of nitro groups is 1. The normalized spacial score (nSPS) is 11.3. The Kier molecular flexibility index (Phi) is 6.21. The van der Waals surface area contributed by atoms with Crippen LogP contribution in [-0.4, -0.2) is 17.5 Å². The van der Waals surface area contributed by atoms with Gasteiger partial charge in [0.2, 0.25) is 0 Å². The quantitative estimate of drug-likeness (QED) is 0.266. The molecule has 2 aromatic carbocycles. The van der Waals surface area contributed by atoms with Gasteiger partial charge in [-0.2, -0.15) is 13.2 Å². The third-order valence-electron chi connectivity index (χ3n) is 4.27. The molecule has 0 saturated carbocycles. The van der Waals surface area contributed by atoms with Gasteiger partial charge in [-0.3, -0.25) is 14.9 Å². The number of nitro benzene ring substituents is 1. The summed E-state index contributed by atoms with van der Waals surface area (Å²) in [6.45, 7) is 1.90. The standard InChI is InChI=1S/C21H16F3NO4S/c1-2-29-19(26)12-15-11-18(30-20(15)13-6-4-3-5-7-13)14-8-9-17(25(27)28)16(10-14)21(22,23)24/h3-11H,2,12H2,1H3. The zero-order chi connectivity index (χ0) is 21.9. The number of alkyl halides is 3. The van der Waals surface area contributed by atoms with Crippen molar-refractivity contribution in [3.8, 4) is 20.9 Å². The maximum Gasteiger partial charge on any atom is 0.423 e. The molecule has 0 radical (unpaired) electrons. The molecule has 0 amide bonds. The molecular formula is C21H16F3NO4S. The molecule has 0 aliphatic carbocycles. The van der Waals surface area contributed by atoms with Crippen LogP contribution in [0.2, 0.25) is 0 Å². The van der Waals surface area contributed by atoms with Crippen molar-refractivity contribution in [2.75, 3.05) is 6.61 Å². The first-order valence-corrected chi connectivity index (χ1v) is 9.72. The highest BCUT2D eigenvalue weighted by molar-refractivity contribution is 7.19. The summed E-state index contributed by atoms with van der Waals surface area (Å²) in [6, 6.07) is 13.7. The minimum absolute atomic E-state index is 0.0341. The molecule has 0 fully saturated rings. The summed E-state index contributed by atoms with van der Waals surface area (Å²) < 4.78 is 45.0. The lowest BCUT2D eigenvalue weighted by Gasteiger charge is -2.08. The van der Waals surface area contributed by atoms with Crippen LogP contribution in [0.25, 0.3) is 20.9 Å². The van der Waals surface area contributed by atoms with Crippen LogP contribution in [0.3, 0.4) is 0 Å². The van der Waals surface area contributed by atoms with Crippen molar-refractivity contribution >= 4 is 23.0 Å². The van der Waals surface area contributed by atoms with E-state index in [0.29, 0.717) is 10.4 Å². The van der Waals surface area contributed by atoms with Gasteiger partial charge in [-0.05, 0) is 41.8 Å². The molecule has 3 aromatic rings. The SMILES string of the molecule is CCOC(=O)Cc1cc(-c2ccc([N+](=O)[O-])c(C(F)(F)F)c2)sc1-c1ccccc1. The van der Waals surface area contributed by atoms with E-state index in [1.165, 1.54) is 17.4 Å². The van der Waals surface area contributed by atoms with E-state index in [2.05, 4.69) is 0 Å². The molecule has 9 heteroatoms. The average molecular weight is 435 g/mol. The van der Waals surface area contributed by atoms with Crippen LogP contribution in [0.1, 0.15) is 18.1 Å². The smallest absolute Gasteiger partial charge is 0.423 e. The number of esters is 1. The third-order valence-corrected chi connectivity index (χ3v) is 5.54. The summed E-state index contributed by atoms with van der Waals surface area (Å²) in [5, 5.41) is 11.0. The second kappa shape index (κ2) is 8.66. The van der Waals surface area contributed by atoms with E-state index in [4.69, 9.17) is 4.74 Å². The molecule has 1 heterocycles. The first-order valence-electron chi connectivity index (χ1n) is 8.90. The van der Waals surface area contributed by atoms with Crippen molar-refractivity contribution in [1.82, 2.24) is 0 Å². The Balaban J connectivity index is 2.11. The minimum atomic E-state index is -4.87. The average Bonchev–Trinajstić information content (AvgIpc) is 3.11. The van der Waals surface area contributed by atoms with E-state index in [1.807, 2.05) is 30.3 Å². The fourth-order valence-electron chi connectivity index (χ4n) is 2.98. The summed E-state index contributed by atoms with van der Waals surface area (Å²) in [6.07, 6.45) is -4.90. The largest absolute Gasteiger partial charge is 0.466 e. The molecule has 0 spiro atoms. The van der Waals surface area contributed by atoms with Crippen molar-refractivity contribution in [3.05, 3.63) is 75.8 Å². The number of rotatable bonds is 6. The van der Waals surface area contributed by atoms with Gasteiger partial charge in [-0.15, -0.1) is 11.3 Å². The highest BCUT2D eigenvalue weighted by Crippen LogP contribution is 2.42. The monoisotopic (exact) mass is 435 g/mol. The van der Waals surface area contributed by atoms with Crippen LogP contribution < -0.4 is 0 Å². The van der Waals surface area contributed by atoms with Gasteiger partial charge >= 0.3 is 12.1 Å². The van der Waals surface area contributed by atoms with Gasteiger partial charge in [0.1, 0.15) is 5.56 Å². The molecule has 156 valence electrons. The molecule has 1 aromatic heterocycles. The van der Waals surface area contributed by atoms with Gasteiger partial charge in [0.15, 0.2) is 0 Å². The van der Waals surface area contributed by atoms with Crippen LogP contribution in [-0.2, 0) is 22.1 Å². The Labute approximate surface area is 173 Å². The van der Waals surface area contributed by atoms with Crippen LogP contribution >= 0.6 is 11.3 Å². The van der Waals surface area contributed by atoms with E-state index in [1.54, 1.807) is 13.0 Å². The van der Waals surface area contributed by atoms with Gasteiger partial charge < -0.3 is 4.74 Å². The van der Waals surface area contributed by atoms with Crippen LogP contribution in [0.5, 0.6) is 0 Å². The van der Waals surface area contributed by atoms with Gasteiger partial charge in [0, 0.05) is 15.8 Å². The number of benzene rings is 2. The molecule has 0 aliphatic heterocycles. The summed E-state index contributed by atoms with van der Waals surface area (Å²) in [4.78, 5) is 23.1. The molecular weight excluding hydrogens is 419 g/mol. The number of hydrogen-bond acceptors (Lipinski definition) is 5. The molecule has 0 aliphatic rings. The molecule has 0 N–H and O–H groups in total. The zero-order valence-electron chi connectivity index (χ0n) is 15.7. The summed E-state index contributed by atoms with van der Waals surface area (Å²) in [7, 11) is 0. The number of halogens is 3. The second-order valence-corrected chi connectivity index (χ2v) is 7.35. The van der Waals surface area contributed by atoms with E-state index in [9.17, 15) is 28.1 Å². The first kappa shape index (κ1) is 21.5. The number of carbonyl (C=O) groups is 1. The number of ether oxygens (including phenoxy) is 1. The predicted molar refractivity (Wildman–Crippen MR) is 107 cm³/mol. The minimum Gasteiger partial charge on any atom is -0.466 e. The Hall–Kier alpha value is -3.20. The Morgan fingerprint density at radius 3 is 2.40 bits per heavy atom. The Bertz CT molecular complexity index is 1080. The van der Waals surface area contributed by atoms with E-state index >= 15 is 0 Å². The number of nitrogens with zero attached hydrogens (tertiary/aromatic N) is 1. The van der Waals surface area contributed by atoms with Gasteiger partial charge in [0.25, 0.3) is 5.69 Å². The van der Waals surface area contributed by atoms with Gasteiger partial charge in [-0.25, -0.2) is 0 Å². The van der Waals surface area contributed by atoms with E-state index < -0.39 is 28.3 Å². The predicted octanol–water partition coefficient (Wildman–Crippen LogP) is 6.11. The Morgan fingerprint density at radius 2 is 1.80 bits per heavy atom. The molecule has 3 rings (SSSR count). The molecule has 5 nitrogen and oxygen atoms in total. The fraction of sp³-hybridized carbons (Fsp3) is 0.190. The lowest BCUT2D eigenvalue weighted by atomic mass is 10.0. The van der Waals surface area contributed by atoms with Crippen LogP contribution in [0.15, 0.2) is 54.6 Å². The van der Waals surface area contributed by atoms with Gasteiger partial charge in [0.05, 0.1) is 18.0 Å². The second-order valence-electron chi connectivity index (χ2n) is 6.30. The van der Waals surface area contributed by atoms with Crippen LogP contribution in [0.4, 0.5) is 18.9 Å². The highest BCUT2D eigenvalue weighted by atomic mass is 32.1. The van der Waals surface area contributed by atoms with Crippen molar-refractivity contribution in [2.24, 2.45) is 0 Å². The lowest BCUT2D eigenvalue weighted by molar-refractivity contribution is -0.388. The molecule has 0 unspecified atom stereocenters. The van der Waals surface area contributed by atoms with E-state index in [-0.39, 0.29) is 18.6 Å². The summed E-state index contributed by atoms with van der Waals surface area (Å²) in [5.41, 5.74) is -0.702. The maximum absolute atomic E-state index is 13.3. The fourth-order valence-corrected chi connectivity index (χ4v) is 4.16. The first-order chi connectivity index (χ1) is 14.2. The van der Waals surface area contributed by atoms with E-state index in [0.717, 1.165) is 22.6 Å². The van der Waals surface area contributed by atoms with Gasteiger partial charge in [-0.1, -0.05) is 30.3 Å². The third kappa shape index (κ3) is 4.68. The molecule has 30 heavy (non-hydrogen) atoms. The summed E-state index contributed by atoms with van der Waals surface area (Å²) >= 11 is 1.21. The van der Waals surface area contributed by atoms with Crippen molar-refractivity contribution in [3.63, 3.8) is 0 Å². The molecule has 0 atom stereocenters. The number of hydrogen-bond donors (Lipinski definition) is 0. The van der Waals surface area contributed by atoms with Crippen molar-refractivity contribution in [2.45, 2.75) is 19.5 Å². The van der Waals surface area contributed by atoms with Crippen LogP contribution in [0, 0.1) is 10.1 Å². The Morgan fingerprint density at radius 1 is 1.10 bits per heavy atom. The molecule has 0 saturated heterocycles.